The second-order valence-electron chi connectivity index (χ2n) is 5.20. The predicted molar refractivity (Wildman–Crippen MR) is 78.6 cm³/mol. The number of benzene rings is 1. The number of nitrogens with one attached hydrogen (secondary N) is 1. The zero-order chi connectivity index (χ0) is 14.8. The number of fused-ring (bicyclic) bond motifs is 1. The van der Waals surface area contributed by atoms with Crippen molar-refractivity contribution in [1.29, 1.82) is 0 Å². The van der Waals surface area contributed by atoms with Crippen molar-refractivity contribution in [1.82, 2.24) is 10.2 Å². The van der Waals surface area contributed by atoms with Crippen molar-refractivity contribution in [2.24, 2.45) is 0 Å². The smallest absolute Gasteiger partial charge is 0.358 e. The summed E-state index contributed by atoms with van der Waals surface area (Å²) in [4.78, 5) is 11.4. The summed E-state index contributed by atoms with van der Waals surface area (Å²) in [5.74, 6) is -1.08. The molecule has 1 aliphatic carbocycles. The van der Waals surface area contributed by atoms with Gasteiger partial charge in [-0.05, 0) is 25.3 Å². The van der Waals surface area contributed by atoms with E-state index in [2.05, 4.69) is 15.5 Å². The summed E-state index contributed by atoms with van der Waals surface area (Å²) in [5.41, 5.74) is 1.16. The molecule has 0 spiro atoms. The summed E-state index contributed by atoms with van der Waals surface area (Å²) >= 11 is 0. The molecule has 6 heteroatoms. The van der Waals surface area contributed by atoms with Crippen molar-refractivity contribution in [3.63, 3.8) is 0 Å². The van der Waals surface area contributed by atoms with Gasteiger partial charge in [0, 0.05) is 12.5 Å². The van der Waals surface area contributed by atoms with Crippen molar-refractivity contribution in [3.8, 4) is 0 Å². The van der Waals surface area contributed by atoms with Gasteiger partial charge in [-0.3, -0.25) is 0 Å². The second kappa shape index (κ2) is 5.65. The van der Waals surface area contributed by atoms with E-state index in [4.69, 9.17) is 4.74 Å². The average Bonchev–Trinajstić information content (AvgIpc) is 2.94. The minimum absolute atomic E-state index is 0.0459. The first-order valence-electron chi connectivity index (χ1n) is 6.98. The first-order chi connectivity index (χ1) is 10.2. The molecule has 1 heterocycles. The van der Waals surface area contributed by atoms with Crippen LogP contribution in [-0.4, -0.2) is 40.5 Å². The number of aromatic carboxylic acids is 1. The fourth-order valence-corrected chi connectivity index (χ4v) is 2.91. The van der Waals surface area contributed by atoms with Crippen molar-refractivity contribution in [3.05, 3.63) is 30.0 Å². The molecule has 1 aromatic carbocycles. The van der Waals surface area contributed by atoms with Crippen molar-refractivity contribution >= 4 is 22.6 Å². The number of carboxylic acid groups (broad SMARTS) is 1. The molecule has 0 saturated heterocycles. The topological polar surface area (TPSA) is 84.3 Å². The third kappa shape index (κ3) is 2.54. The van der Waals surface area contributed by atoms with Crippen molar-refractivity contribution in [2.45, 2.75) is 31.4 Å². The Kier molecular flexibility index (Phi) is 3.70. The number of hydrogen-bond acceptors (Lipinski definition) is 5. The van der Waals surface area contributed by atoms with Gasteiger partial charge in [-0.15, -0.1) is 10.2 Å². The Balaban J connectivity index is 2.06. The van der Waals surface area contributed by atoms with Gasteiger partial charge in [-0.1, -0.05) is 18.2 Å². The van der Waals surface area contributed by atoms with Gasteiger partial charge in [0.25, 0.3) is 0 Å². The van der Waals surface area contributed by atoms with Crippen LogP contribution in [0.1, 0.15) is 29.8 Å². The molecule has 1 aliphatic rings. The number of carbonyl (C=O) groups is 1. The van der Waals surface area contributed by atoms with Gasteiger partial charge in [-0.2, -0.15) is 0 Å². The molecule has 3 rings (SSSR count). The van der Waals surface area contributed by atoms with Gasteiger partial charge in [-0.25, -0.2) is 4.79 Å². The summed E-state index contributed by atoms with van der Waals surface area (Å²) in [6.07, 6.45) is 3.09. The maximum atomic E-state index is 11.4. The van der Waals surface area contributed by atoms with Crippen LogP contribution in [0.2, 0.25) is 0 Å². The number of carboxylic acids is 1. The van der Waals surface area contributed by atoms with E-state index in [1.807, 2.05) is 24.3 Å². The lowest BCUT2D eigenvalue weighted by Gasteiger charge is -2.22. The van der Waals surface area contributed by atoms with E-state index in [1.165, 1.54) is 0 Å². The molecule has 0 aliphatic heterocycles. The summed E-state index contributed by atoms with van der Waals surface area (Å²) < 4.78 is 5.46. The quantitative estimate of drug-likeness (QED) is 0.897. The largest absolute Gasteiger partial charge is 0.476 e. The van der Waals surface area contributed by atoms with Crippen LogP contribution < -0.4 is 5.32 Å². The molecular formula is C15H17N3O3. The number of hydrogen-bond donors (Lipinski definition) is 2. The highest BCUT2D eigenvalue weighted by atomic mass is 16.5. The summed E-state index contributed by atoms with van der Waals surface area (Å²) in [6, 6.07) is 7.50. The molecule has 2 atom stereocenters. The Hall–Kier alpha value is -2.21. The molecule has 1 aromatic heterocycles. The van der Waals surface area contributed by atoms with E-state index >= 15 is 0 Å². The SMILES string of the molecule is COC1CCCC1Nc1c(C(=O)O)nnc2ccccc12. The van der Waals surface area contributed by atoms with Crippen LogP contribution in [0.5, 0.6) is 0 Å². The molecule has 2 N–H and O–H groups in total. The Bertz CT molecular complexity index is 674. The fraction of sp³-hybridized carbons (Fsp3) is 0.400. The first-order valence-corrected chi connectivity index (χ1v) is 6.98. The summed E-state index contributed by atoms with van der Waals surface area (Å²) in [6.45, 7) is 0. The molecule has 2 unspecified atom stereocenters. The number of rotatable bonds is 4. The lowest BCUT2D eigenvalue weighted by Crippen LogP contribution is -2.30. The van der Waals surface area contributed by atoms with E-state index in [0.29, 0.717) is 11.2 Å². The first kappa shape index (κ1) is 13.8. The number of anilines is 1. The Morgan fingerprint density at radius 2 is 2.14 bits per heavy atom. The Labute approximate surface area is 122 Å². The molecule has 110 valence electrons. The van der Waals surface area contributed by atoms with Crippen LogP contribution >= 0.6 is 0 Å². The molecule has 1 saturated carbocycles. The summed E-state index contributed by atoms with van der Waals surface area (Å²) in [7, 11) is 1.69. The molecule has 0 bridgehead atoms. The Morgan fingerprint density at radius 3 is 2.90 bits per heavy atom. The molecule has 1 fully saturated rings. The third-order valence-corrected chi connectivity index (χ3v) is 3.96. The minimum Gasteiger partial charge on any atom is -0.476 e. The summed E-state index contributed by atoms with van der Waals surface area (Å²) in [5, 5.41) is 21.3. The zero-order valence-electron chi connectivity index (χ0n) is 11.7. The number of nitrogens with zero attached hydrogens (tertiary/aromatic N) is 2. The molecule has 6 nitrogen and oxygen atoms in total. The van der Waals surface area contributed by atoms with Crippen LogP contribution in [0.25, 0.3) is 10.9 Å². The fourth-order valence-electron chi connectivity index (χ4n) is 2.91. The molecule has 2 aromatic rings. The van der Waals surface area contributed by atoms with Crippen molar-refractivity contribution < 1.29 is 14.6 Å². The maximum absolute atomic E-state index is 11.4. The highest BCUT2D eigenvalue weighted by molar-refractivity contribution is 6.02. The Morgan fingerprint density at radius 1 is 1.33 bits per heavy atom. The van der Waals surface area contributed by atoms with Gasteiger partial charge < -0.3 is 15.2 Å². The van der Waals surface area contributed by atoms with Gasteiger partial charge in [0.05, 0.1) is 23.3 Å². The zero-order valence-corrected chi connectivity index (χ0v) is 11.7. The highest BCUT2D eigenvalue weighted by Crippen LogP contribution is 2.30. The molecule has 0 amide bonds. The monoisotopic (exact) mass is 287 g/mol. The van der Waals surface area contributed by atoms with Gasteiger partial charge in [0.2, 0.25) is 0 Å². The van der Waals surface area contributed by atoms with E-state index in [0.717, 1.165) is 24.6 Å². The van der Waals surface area contributed by atoms with Gasteiger partial charge in [0.15, 0.2) is 5.69 Å². The van der Waals surface area contributed by atoms with E-state index in [1.54, 1.807) is 7.11 Å². The number of methoxy groups -OCH3 is 1. The van der Waals surface area contributed by atoms with Crippen LogP contribution in [0, 0.1) is 0 Å². The van der Waals surface area contributed by atoms with Crippen LogP contribution in [0.4, 0.5) is 5.69 Å². The van der Waals surface area contributed by atoms with Crippen LogP contribution in [0.3, 0.4) is 0 Å². The third-order valence-electron chi connectivity index (χ3n) is 3.96. The van der Waals surface area contributed by atoms with Crippen LogP contribution in [-0.2, 0) is 4.74 Å². The second-order valence-corrected chi connectivity index (χ2v) is 5.20. The molecular weight excluding hydrogens is 270 g/mol. The highest BCUT2D eigenvalue weighted by Gasteiger charge is 2.29. The van der Waals surface area contributed by atoms with Gasteiger partial charge in [0.1, 0.15) is 0 Å². The lowest BCUT2D eigenvalue weighted by atomic mass is 10.1. The molecule has 21 heavy (non-hydrogen) atoms. The standard InChI is InChI=1S/C15H17N3O3/c1-21-12-8-4-7-11(12)16-13-9-5-2-3-6-10(9)17-18-14(13)15(19)20/h2-3,5-6,11-12H,4,7-8H2,1H3,(H,16,17)(H,19,20). The normalized spacial score (nSPS) is 21.6. The van der Waals surface area contributed by atoms with Crippen molar-refractivity contribution in [2.75, 3.05) is 12.4 Å². The average molecular weight is 287 g/mol. The van der Waals surface area contributed by atoms with E-state index in [9.17, 15) is 9.90 Å². The van der Waals surface area contributed by atoms with Crippen LogP contribution in [0.15, 0.2) is 24.3 Å². The minimum atomic E-state index is -1.08. The van der Waals surface area contributed by atoms with Gasteiger partial charge >= 0.3 is 5.97 Å². The molecule has 0 radical (unpaired) electrons. The van der Waals surface area contributed by atoms with E-state index < -0.39 is 5.97 Å². The predicted octanol–water partition coefficient (Wildman–Crippen LogP) is 2.31. The maximum Gasteiger partial charge on any atom is 0.358 e. The number of ether oxygens (including phenoxy) is 1. The number of aromatic nitrogens is 2. The van der Waals surface area contributed by atoms with E-state index in [-0.39, 0.29) is 17.8 Å². The lowest BCUT2D eigenvalue weighted by molar-refractivity contribution is 0.0690.